The first kappa shape index (κ1) is 22.5. The highest BCUT2D eigenvalue weighted by molar-refractivity contribution is 5.86. The van der Waals surface area contributed by atoms with Crippen molar-refractivity contribution in [2.75, 3.05) is 27.3 Å². The maximum absolute atomic E-state index is 13.0. The molecule has 0 spiro atoms. The standard InChI is InChI=1S/C22H29N5O4/c1-5-15(2)12-26-13-17(27-14-19(24-25-27)22(29)31-4)10-20(26)21(28)23-11-16-6-8-18(30-3)9-7-16/h5-9,14,17,20H,10-13H2,1-4H3,(H,23,28)/b15-5+/t17-,20+/m1/s1. The fourth-order valence-corrected chi connectivity index (χ4v) is 3.63. The molecule has 1 aliphatic rings. The third-order valence-corrected chi connectivity index (χ3v) is 5.53. The Morgan fingerprint density at radius 1 is 1.26 bits per heavy atom. The van der Waals surface area contributed by atoms with Gasteiger partial charge >= 0.3 is 5.97 Å². The predicted molar refractivity (Wildman–Crippen MR) is 115 cm³/mol. The van der Waals surface area contributed by atoms with Crippen LogP contribution in [0.5, 0.6) is 5.75 Å². The van der Waals surface area contributed by atoms with Gasteiger partial charge in [-0.1, -0.05) is 29.0 Å². The second-order valence-electron chi connectivity index (χ2n) is 7.61. The molecule has 1 aliphatic heterocycles. The summed E-state index contributed by atoms with van der Waals surface area (Å²) in [6.07, 6.45) is 4.20. The predicted octanol–water partition coefficient (Wildman–Crippen LogP) is 1.97. The van der Waals surface area contributed by atoms with Gasteiger partial charge in [0.25, 0.3) is 0 Å². The Hall–Kier alpha value is -3.20. The van der Waals surface area contributed by atoms with E-state index in [0.29, 0.717) is 26.1 Å². The smallest absolute Gasteiger partial charge is 0.360 e. The number of nitrogens with zero attached hydrogens (tertiary/aromatic N) is 4. The number of hydrogen-bond donors (Lipinski definition) is 1. The van der Waals surface area contributed by atoms with Gasteiger partial charge in [0.15, 0.2) is 5.69 Å². The van der Waals surface area contributed by atoms with E-state index >= 15 is 0 Å². The van der Waals surface area contributed by atoms with E-state index in [1.807, 2.05) is 44.2 Å². The van der Waals surface area contributed by atoms with Crippen molar-refractivity contribution < 1.29 is 19.1 Å². The van der Waals surface area contributed by atoms with Gasteiger partial charge < -0.3 is 14.8 Å². The van der Waals surface area contributed by atoms with E-state index in [1.165, 1.54) is 12.7 Å². The Bertz CT molecular complexity index is 938. The molecule has 0 radical (unpaired) electrons. The van der Waals surface area contributed by atoms with Gasteiger partial charge in [0.2, 0.25) is 5.91 Å². The number of allylic oxidation sites excluding steroid dienone is 1. The lowest BCUT2D eigenvalue weighted by molar-refractivity contribution is -0.125. The number of methoxy groups -OCH3 is 2. The number of rotatable bonds is 8. The lowest BCUT2D eigenvalue weighted by Gasteiger charge is -2.23. The van der Waals surface area contributed by atoms with E-state index in [-0.39, 0.29) is 23.7 Å². The lowest BCUT2D eigenvalue weighted by atomic mass is 10.1. The van der Waals surface area contributed by atoms with E-state index in [9.17, 15) is 9.59 Å². The first-order chi connectivity index (χ1) is 14.9. The van der Waals surface area contributed by atoms with E-state index in [4.69, 9.17) is 9.47 Å². The van der Waals surface area contributed by atoms with E-state index in [0.717, 1.165) is 11.3 Å². The quantitative estimate of drug-likeness (QED) is 0.508. The topological polar surface area (TPSA) is 98.6 Å². The fourth-order valence-electron chi connectivity index (χ4n) is 3.63. The van der Waals surface area contributed by atoms with E-state index in [1.54, 1.807) is 18.0 Å². The molecule has 1 amide bonds. The van der Waals surface area contributed by atoms with Gasteiger partial charge in [-0.25, -0.2) is 9.48 Å². The molecule has 0 bridgehead atoms. The van der Waals surface area contributed by atoms with Crippen molar-refractivity contribution >= 4 is 11.9 Å². The van der Waals surface area contributed by atoms with Crippen molar-refractivity contribution in [2.24, 2.45) is 0 Å². The number of ether oxygens (including phenoxy) is 2. The monoisotopic (exact) mass is 427 g/mol. The minimum atomic E-state index is -0.528. The van der Waals surface area contributed by atoms with Gasteiger partial charge in [-0.3, -0.25) is 9.69 Å². The minimum Gasteiger partial charge on any atom is -0.497 e. The van der Waals surface area contributed by atoms with Crippen LogP contribution in [0.3, 0.4) is 0 Å². The van der Waals surface area contributed by atoms with Crippen molar-refractivity contribution in [3.63, 3.8) is 0 Å². The Kier molecular flexibility index (Phi) is 7.41. The third kappa shape index (κ3) is 5.49. The number of esters is 1. The third-order valence-electron chi connectivity index (χ3n) is 5.53. The van der Waals surface area contributed by atoms with Gasteiger partial charge in [-0.05, 0) is 38.0 Å². The van der Waals surface area contributed by atoms with Crippen LogP contribution in [-0.4, -0.2) is 65.1 Å². The average Bonchev–Trinajstić information content (AvgIpc) is 3.44. The van der Waals surface area contributed by atoms with Gasteiger partial charge in [-0.2, -0.15) is 0 Å². The highest BCUT2D eigenvalue weighted by atomic mass is 16.5. The number of amides is 1. The van der Waals surface area contributed by atoms with Gasteiger partial charge in [0.1, 0.15) is 5.75 Å². The zero-order valence-electron chi connectivity index (χ0n) is 18.4. The molecule has 166 valence electrons. The van der Waals surface area contributed by atoms with Crippen LogP contribution in [0.1, 0.15) is 42.4 Å². The van der Waals surface area contributed by atoms with Crippen LogP contribution in [0, 0.1) is 0 Å². The van der Waals surface area contributed by atoms with Gasteiger partial charge in [-0.15, -0.1) is 5.10 Å². The van der Waals surface area contributed by atoms with Crippen LogP contribution in [-0.2, 0) is 16.1 Å². The first-order valence-electron chi connectivity index (χ1n) is 10.2. The number of likely N-dealkylation sites (tertiary alicyclic amines) is 1. The molecule has 9 heteroatoms. The van der Waals surface area contributed by atoms with Crippen molar-refractivity contribution in [1.29, 1.82) is 0 Å². The Labute approximate surface area is 182 Å². The number of carbonyl (C=O) groups excluding carboxylic acids is 2. The number of nitrogens with one attached hydrogen (secondary N) is 1. The second kappa shape index (κ2) is 10.2. The van der Waals surface area contributed by atoms with Crippen LogP contribution in [0.2, 0.25) is 0 Å². The van der Waals surface area contributed by atoms with E-state index < -0.39 is 5.97 Å². The summed E-state index contributed by atoms with van der Waals surface area (Å²) in [5, 5.41) is 11.0. The number of hydrogen-bond acceptors (Lipinski definition) is 7. The normalized spacial score (nSPS) is 19.3. The minimum absolute atomic E-state index is 0.0319. The Morgan fingerprint density at radius 3 is 2.65 bits per heavy atom. The first-order valence-corrected chi connectivity index (χ1v) is 10.2. The molecular weight excluding hydrogens is 398 g/mol. The number of benzene rings is 1. The molecule has 1 fully saturated rings. The van der Waals surface area contributed by atoms with Crippen molar-refractivity contribution in [1.82, 2.24) is 25.2 Å². The molecule has 2 atom stereocenters. The summed E-state index contributed by atoms with van der Waals surface area (Å²) < 4.78 is 11.5. The molecule has 1 saturated heterocycles. The maximum atomic E-state index is 13.0. The molecule has 1 aromatic heterocycles. The van der Waals surface area contributed by atoms with Crippen LogP contribution in [0.25, 0.3) is 0 Å². The zero-order chi connectivity index (χ0) is 22.4. The highest BCUT2D eigenvalue weighted by Gasteiger charge is 2.38. The highest BCUT2D eigenvalue weighted by Crippen LogP contribution is 2.28. The van der Waals surface area contributed by atoms with E-state index in [2.05, 4.69) is 20.5 Å². The second-order valence-corrected chi connectivity index (χ2v) is 7.61. The Balaban J connectivity index is 1.69. The van der Waals surface area contributed by atoms with Crippen molar-refractivity contribution in [2.45, 2.75) is 38.9 Å². The molecule has 31 heavy (non-hydrogen) atoms. The van der Waals surface area contributed by atoms with Gasteiger partial charge in [0, 0.05) is 19.6 Å². The lowest BCUT2D eigenvalue weighted by Crippen LogP contribution is -2.43. The SMILES string of the molecule is C/C=C(\C)CN1C[C@H](n2cc(C(=O)OC)nn2)C[C@H]1C(=O)NCc1ccc(OC)cc1. The number of carbonyl (C=O) groups is 2. The largest absolute Gasteiger partial charge is 0.497 e. The molecule has 1 aromatic carbocycles. The maximum Gasteiger partial charge on any atom is 0.360 e. The molecule has 0 aliphatic carbocycles. The van der Waals surface area contributed by atoms with Crippen LogP contribution >= 0.6 is 0 Å². The summed E-state index contributed by atoms with van der Waals surface area (Å²) in [5.74, 6) is 0.219. The summed E-state index contributed by atoms with van der Waals surface area (Å²) in [7, 11) is 2.93. The number of aromatic nitrogens is 3. The van der Waals surface area contributed by atoms with Crippen molar-refractivity contribution in [3.05, 3.63) is 53.4 Å². The average molecular weight is 428 g/mol. The molecule has 9 nitrogen and oxygen atoms in total. The van der Waals surface area contributed by atoms with Crippen LogP contribution < -0.4 is 10.1 Å². The van der Waals surface area contributed by atoms with Crippen LogP contribution in [0.4, 0.5) is 0 Å². The Morgan fingerprint density at radius 2 is 2.00 bits per heavy atom. The summed E-state index contributed by atoms with van der Waals surface area (Å²) in [6, 6.07) is 7.25. The van der Waals surface area contributed by atoms with Crippen molar-refractivity contribution in [3.8, 4) is 5.75 Å². The summed E-state index contributed by atoms with van der Waals surface area (Å²) >= 11 is 0. The summed E-state index contributed by atoms with van der Waals surface area (Å²) in [6.45, 7) is 5.80. The summed E-state index contributed by atoms with van der Waals surface area (Å²) in [4.78, 5) is 26.9. The molecular formula is C22H29N5O4. The molecule has 0 unspecified atom stereocenters. The van der Waals surface area contributed by atoms with Crippen LogP contribution in [0.15, 0.2) is 42.1 Å². The zero-order valence-corrected chi connectivity index (χ0v) is 18.4. The van der Waals surface area contributed by atoms with Gasteiger partial charge in [0.05, 0.1) is 32.5 Å². The molecule has 2 heterocycles. The summed E-state index contributed by atoms with van der Waals surface area (Å²) in [5.41, 5.74) is 2.34. The fraction of sp³-hybridized carbons (Fsp3) is 0.455. The molecule has 1 N–H and O–H groups in total. The molecule has 0 saturated carbocycles. The molecule has 3 rings (SSSR count). The molecule has 2 aromatic rings.